The molecule has 1 aliphatic rings. The highest BCUT2D eigenvalue weighted by Crippen LogP contribution is 2.26. The first kappa shape index (κ1) is 22.0. The first-order valence-electron chi connectivity index (χ1n) is 9.78. The molecule has 5 nitrogen and oxygen atoms in total. The number of imidazole rings is 1. The van der Waals surface area contributed by atoms with Gasteiger partial charge >= 0.3 is 0 Å². The minimum absolute atomic E-state index is 0. The lowest BCUT2D eigenvalue weighted by molar-refractivity contribution is 0.472. The SMILES string of the molecule is CN=C(NCc1nc2ccccc2n1C)N1CCC(CSc2ccccc2)C1.I. The van der Waals surface area contributed by atoms with Gasteiger partial charge in [-0.05, 0) is 36.6 Å². The molecular weight excluding hydrogens is 493 g/mol. The summed E-state index contributed by atoms with van der Waals surface area (Å²) in [4.78, 5) is 13.0. The number of hydrogen-bond acceptors (Lipinski definition) is 3. The van der Waals surface area contributed by atoms with Crippen molar-refractivity contribution in [2.24, 2.45) is 18.0 Å². The van der Waals surface area contributed by atoms with Crippen molar-refractivity contribution in [2.45, 2.75) is 17.9 Å². The van der Waals surface area contributed by atoms with Crippen LogP contribution in [0.5, 0.6) is 0 Å². The number of para-hydroxylation sites is 2. The molecule has 2 heterocycles. The number of aryl methyl sites for hydroxylation is 1. The highest BCUT2D eigenvalue weighted by Gasteiger charge is 2.25. The van der Waals surface area contributed by atoms with Crippen molar-refractivity contribution < 1.29 is 0 Å². The molecule has 0 spiro atoms. The van der Waals surface area contributed by atoms with Crippen LogP contribution < -0.4 is 5.32 Å². The van der Waals surface area contributed by atoms with Crippen LogP contribution >= 0.6 is 35.7 Å². The molecule has 1 unspecified atom stereocenters. The van der Waals surface area contributed by atoms with Gasteiger partial charge in [-0.15, -0.1) is 35.7 Å². The molecule has 3 aromatic rings. The van der Waals surface area contributed by atoms with Crippen LogP contribution in [0.4, 0.5) is 0 Å². The molecule has 0 saturated carbocycles. The number of aliphatic imine (C=N–C) groups is 1. The molecule has 0 bridgehead atoms. The van der Waals surface area contributed by atoms with E-state index >= 15 is 0 Å². The first-order valence-corrected chi connectivity index (χ1v) is 10.8. The van der Waals surface area contributed by atoms with E-state index in [1.807, 2.05) is 24.9 Å². The van der Waals surface area contributed by atoms with Gasteiger partial charge < -0.3 is 14.8 Å². The van der Waals surface area contributed by atoms with Crippen molar-refractivity contribution in [3.8, 4) is 0 Å². The largest absolute Gasteiger partial charge is 0.349 e. The number of guanidine groups is 1. The second-order valence-electron chi connectivity index (χ2n) is 7.20. The molecule has 1 saturated heterocycles. The third-order valence-corrected chi connectivity index (χ3v) is 6.55. The molecule has 1 aliphatic heterocycles. The number of likely N-dealkylation sites (tertiary alicyclic amines) is 1. The third-order valence-electron chi connectivity index (χ3n) is 5.31. The zero-order chi connectivity index (χ0) is 19.3. The van der Waals surface area contributed by atoms with Crippen molar-refractivity contribution >= 4 is 52.7 Å². The topological polar surface area (TPSA) is 45.5 Å². The number of hydrogen-bond donors (Lipinski definition) is 1. The van der Waals surface area contributed by atoms with Gasteiger partial charge in [-0.1, -0.05) is 30.3 Å². The Kier molecular flexibility index (Phi) is 7.83. The highest BCUT2D eigenvalue weighted by atomic mass is 127. The van der Waals surface area contributed by atoms with Crippen LogP contribution in [0.2, 0.25) is 0 Å². The van der Waals surface area contributed by atoms with Crippen LogP contribution in [0, 0.1) is 5.92 Å². The summed E-state index contributed by atoms with van der Waals surface area (Å²) in [6.45, 7) is 2.79. The molecule has 154 valence electrons. The molecule has 0 aliphatic carbocycles. The Morgan fingerprint density at radius 2 is 1.93 bits per heavy atom. The summed E-state index contributed by atoms with van der Waals surface area (Å²) < 4.78 is 2.15. The summed E-state index contributed by atoms with van der Waals surface area (Å²) >= 11 is 1.95. The van der Waals surface area contributed by atoms with E-state index < -0.39 is 0 Å². The van der Waals surface area contributed by atoms with Gasteiger partial charge in [-0.2, -0.15) is 0 Å². The number of rotatable bonds is 5. The van der Waals surface area contributed by atoms with Crippen LogP contribution in [-0.2, 0) is 13.6 Å². The maximum absolute atomic E-state index is 4.75. The summed E-state index contributed by atoms with van der Waals surface area (Å²) in [7, 11) is 3.94. The fourth-order valence-corrected chi connectivity index (χ4v) is 4.79. The van der Waals surface area contributed by atoms with E-state index in [9.17, 15) is 0 Å². The Bertz CT molecular complexity index is 956. The molecule has 1 aromatic heterocycles. The average Bonchev–Trinajstić information content (AvgIpc) is 3.33. The Balaban J connectivity index is 0.00000240. The van der Waals surface area contributed by atoms with Crippen molar-refractivity contribution in [1.29, 1.82) is 0 Å². The normalized spacial score (nSPS) is 16.8. The number of benzene rings is 2. The minimum atomic E-state index is 0. The van der Waals surface area contributed by atoms with Gasteiger partial charge in [0.25, 0.3) is 0 Å². The summed E-state index contributed by atoms with van der Waals surface area (Å²) in [5, 5.41) is 3.51. The minimum Gasteiger partial charge on any atom is -0.349 e. The number of nitrogens with zero attached hydrogens (tertiary/aromatic N) is 4. The monoisotopic (exact) mass is 521 g/mol. The molecule has 1 fully saturated rings. The van der Waals surface area contributed by atoms with Gasteiger partial charge in [0, 0.05) is 37.8 Å². The molecule has 1 N–H and O–H groups in total. The van der Waals surface area contributed by atoms with Crippen molar-refractivity contribution in [3.05, 3.63) is 60.4 Å². The lowest BCUT2D eigenvalue weighted by Gasteiger charge is -2.21. The van der Waals surface area contributed by atoms with Crippen molar-refractivity contribution in [1.82, 2.24) is 19.8 Å². The summed E-state index contributed by atoms with van der Waals surface area (Å²) in [5.41, 5.74) is 2.20. The maximum Gasteiger partial charge on any atom is 0.194 e. The predicted molar refractivity (Wildman–Crippen MR) is 133 cm³/mol. The van der Waals surface area contributed by atoms with Crippen molar-refractivity contribution in [3.63, 3.8) is 0 Å². The second kappa shape index (κ2) is 10.3. The van der Waals surface area contributed by atoms with E-state index in [0.717, 1.165) is 41.7 Å². The van der Waals surface area contributed by atoms with Gasteiger partial charge in [-0.3, -0.25) is 4.99 Å². The summed E-state index contributed by atoms with van der Waals surface area (Å²) in [6.07, 6.45) is 1.22. The standard InChI is InChI=1S/C22H27N5S.HI/c1-23-22(24-14-21-25-19-10-6-7-11-20(19)26(21)2)27-13-12-17(15-27)16-28-18-8-4-3-5-9-18;/h3-11,17H,12-16H2,1-2H3,(H,23,24);1H. The number of nitrogens with one attached hydrogen (secondary N) is 1. The number of aromatic nitrogens is 2. The molecule has 0 amide bonds. The van der Waals surface area contributed by atoms with Crippen molar-refractivity contribution in [2.75, 3.05) is 25.9 Å². The average molecular weight is 521 g/mol. The highest BCUT2D eigenvalue weighted by molar-refractivity contribution is 14.0. The van der Waals surface area contributed by atoms with Crippen LogP contribution in [0.1, 0.15) is 12.2 Å². The lowest BCUT2D eigenvalue weighted by Crippen LogP contribution is -2.40. The Morgan fingerprint density at radius 1 is 1.17 bits per heavy atom. The summed E-state index contributed by atoms with van der Waals surface area (Å²) in [5.74, 6) is 3.85. The van der Waals surface area contributed by atoms with Crippen LogP contribution in [0.3, 0.4) is 0 Å². The molecule has 29 heavy (non-hydrogen) atoms. The third kappa shape index (κ3) is 5.25. The zero-order valence-corrected chi connectivity index (χ0v) is 20.1. The van der Waals surface area contributed by atoms with Gasteiger partial charge in [0.15, 0.2) is 5.96 Å². The number of thioether (sulfide) groups is 1. The second-order valence-corrected chi connectivity index (χ2v) is 8.29. The Labute approximate surface area is 194 Å². The zero-order valence-electron chi connectivity index (χ0n) is 16.9. The fourth-order valence-electron chi connectivity index (χ4n) is 3.74. The fraction of sp³-hybridized carbons (Fsp3) is 0.364. The molecule has 0 radical (unpaired) electrons. The molecule has 4 rings (SSSR count). The molecular formula is C22H28IN5S. The quantitative estimate of drug-likeness (QED) is 0.234. The van der Waals surface area contributed by atoms with E-state index in [2.05, 4.69) is 75.4 Å². The van der Waals surface area contributed by atoms with Gasteiger partial charge in [0.2, 0.25) is 0 Å². The van der Waals surface area contributed by atoms with Gasteiger partial charge in [-0.25, -0.2) is 4.98 Å². The number of fused-ring (bicyclic) bond motifs is 1. The van der Waals surface area contributed by atoms with Crippen LogP contribution in [-0.4, -0.2) is 46.3 Å². The number of halogens is 1. The smallest absolute Gasteiger partial charge is 0.194 e. The van der Waals surface area contributed by atoms with Gasteiger partial charge in [0.1, 0.15) is 5.82 Å². The predicted octanol–water partition coefficient (Wildman–Crippen LogP) is 4.38. The van der Waals surface area contributed by atoms with Crippen LogP contribution in [0.15, 0.2) is 64.5 Å². The first-order chi connectivity index (χ1) is 13.7. The van der Waals surface area contributed by atoms with E-state index in [4.69, 9.17) is 4.98 Å². The Hall–Kier alpha value is -1.74. The van der Waals surface area contributed by atoms with E-state index in [-0.39, 0.29) is 24.0 Å². The van der Waals surface area contributed by atoms with Gasteiger partial charge in [0.05, 0.1) is 17.6 Å². The lowest BCUT2D eigenvalue weighted by atomic mass is 10.2. The van der Waals surface area contributed by atoms with E-state index in [1.165, 1.54) is 11.3 Å². The van der Waals surface area contributed by atoms with E-state index in [1.54, 1.807) is 0 Å². The Morgan fingerprint density at radius 3 is 2.69 bits per heavy atom. The molecule has 2 aromatic carbocycles. The summed E-state index contributed by atoms with van der Waals surface area (Å²) in [6, 6.07) is 18.9. The molecule has 7 heteroatoms. The van der Waals surface area contributed by atoms with E-state index in [0.29, 0.717) is 12.5 Å². The molecule has 1 atom stereocenters. The van der Waals surface area contributed by atoms with Crippen LogP contribution in [0.25, 0.3) is 11.0 Å². The maximum atomic E-state index is 4.75.